The summed E-state index contributed by atoms with van der Waals surface area (Å²) in [5.74, 6) is 0. The molecule has 1 aromatic carbocycles. The van der Waals surface area contributed by atoms with Crippen molar-refractivity contribution < 1.29 is 31.4 Å². The molecular weight excluding hydrogens is 264 g/mol. The van der Waals surface area contributed by atoms with Crippen molar-refractivity contribution >= 4 is 0 Å². The van der Waals surface area contributed by atoms with Crippen LogP contribution >= 0.6 is 0 Å². The van der Waals surface area contributed by atoms with E-state index in [1.165, 1.54) is 0 Å². The zero-order valence-corrected chi connectivity index (χ0v) is 8.76. The van der Waals surface area contributed by atoms with E-state index < -0.39 is 30.1 Å². The summed E-state index contributed by atoms with van der Waals surface area (Å²) in [6.45, 7) is 0. The zero-order valence-electron chi connectivity index (χ0n) is 8.76. The molecule has 0 aromatic heterocycles. The van der Waals surface area contributed by atoms with Gasteiger partial charge in [0.05, 0.1) is 11.6 Å². The third kappa shape index (κ3) is 3.36. The second-order valence-electron chi connectivity index (χ2n) is 3.63. The minimum Gasteiger partial charge on any atom is -0.382 e. The van der Waals surface area contributed by atoms with Crippen LogP contribution in [-0.2, 0) is 6.18 Å². The van der Waals surface area contributed by atoms with Crippen molar-refractivity contribution in [3.63, 3.8) is 0 Å². The standard InChI is InChI=1S/C10H9F6NO/c11-9(12,13)6-3-1-5(2-4-6)7(17)8(18)10(14,15)16/h1-4,7-8,18H,17H2/t7-,8-/m0/s1. The largest absolute Gasteiger partial charge is 0.416 e. The van der Waals surface area contributed by atoms with E-state index in [2.05, 4.69) is 0 Å². The van der Waals surface area contributed by atoms with Crippen molar-refractivity contribution in [1.29, 1.82) is 0 Å². The van der Waals surface area contributed by atoms with E-state index in [9.17, 15) is 26.3 Å². The first kappa shape index (κ1) is 14.8. The highest BCUT2D eigenvalue weighted by molar-refractivity contribution is 5.27. The maximum atomic E-state index is 12.2. The normalized spacial score (nSPS) is 16.4. The van der Waals surface area contributed by atoms with E-state index >= 15 is 0 Å². The van der Waals surface area contributed by atoms with Crippen LogP contribution < -0.4 is 5.73 Å². The van der Waals surface area contributed by atoms with Gasteiger partial charge in [-0.1, -0.05) is 12.1 Å². The van der Waals surface area contributed by atoms with E-state index in [0.29, 0.717) is 12.1 Å². The molecule has 0 unspecified atom stereocenters. The van der Waals surface area contributed by atoms with Crippen LogP contribution in [0.3, 0.4) is 0 Å². The smallest absolute Gasteiger partial charge is 0.382 e. The minimum atomic E-state index is -4.93. The Labute approximate surface area is 98.0 Å². The summed E-state index contributed by atoms with van der Waals surface area (Å²) in [5, 5.41) is 8.86. The Morgan fingerprint density at radius 2 is 1.39 bits per heavy atom. The number of rotatable bonds is 2. The predicted octanol–water partition coefficient (Wildman–Crippen LogP) is 2.63. The van der Waals surface area contributed by atoms with Gasteiger partial charge in [0.15, 0.2) is 6.10 Å². The fraction of sp³-hybridized carbons (Fsp3) is 0.400. The first-order chi connectivity index (χ1) is 8.03. The number of aliphatic hydroxyl groups is 1. The molecule has 0 amide bonds. The van der Waals surface area contributed by atoms with E-state index in [0.717, 1.165) is 12.1 Å². The van der Waals surface area contributed by atoms with Gasteiger partial charge in [0.1, 0.15) is 0 Å². The molecule has 0 bridgehead atoms. The van der Waals surface area contributed by atoms with Crippen molar-refractivity contribution in [2.75, 3.05) is 0 Å². The van der Waals surface area contributed by atoms with Crippen molar-refractivity contribution in [3.8, 4) is 0 Å². The number of nitrogens with two attached hydrogens (primary N) is 1. The lowest BCUT2D eigenvalue weighted by Gasteiger charge is -2.21. The Kier molecular flexibility index (Phi) is 3.92. The highest BCUT2D eigenvalue weighted by atomic mass is 19.4. The topological polar surface area (TPSA) is 46.2 Å². The monoisotopic (exact) mass is 273 g/mol. The van der Waals surface area contributed by atoms with Gasteiger partial charge in [-0.05, 0) is 17.7 Å². The van der Waals surface area contributed by atoms with Crippen molar-refractivity contribution in [1.82, 2.24) is 0 Å². The molecular formula is C10H9F6NO. The maximum Gasteiger partial charge on any atom is 0.416 e. The number of aliphatic hydroxyl groups excluding tert-OH is 1. The second kappa shape index (κ2) is 4.77. The van der Waals surface area contributed by atoms with Crippen LogP contribution in [0.4, 0.5) is 26.3 Å². The quantitative estimate of drug-likeness (QED) is 0.814. The Bertz CT molecular complexity index is 396. The van der Waals surface area contributed by atoms with Crippen LogP contribution in [0.2, 0.25) is 0 Å². The molecule has 2 atom stereocenters. The molecule has 0 fully saturated rings. The summed E-state index contributed by atoms with van der Waals surface area (Å²) in [6.07, 6.45) is -12.3. The number of halogens is 6. The number of alkyl halides is 6. The lowest BCUT2D eigenvalue weighted by molar-refractivity contribution is -0.210. The SMILES string of the molecule is N[C@@H](c1ccc(C(F)(F)F)cc1)[C@H](O)C(F)(F)F. The average molecular weight is 273 g/mol. The molecule has 0 spiro atoms. The summed E-state index contributed by atoms with van der Waals surface area (Å²) in [5.41, 5.74) is 3.90. The molecule has 0 aliphatic heterocycles. The number of hydrogen-bond acceptors (Lipinski definition) is 2. The number of benzene rings is 1. The number of hydrogen-bond donors (Lipinski definition) is 2. The van der Waals surface area contributed by atoms with Gasteiger partial charge in [-0.2, -0.15) is 26.3 Å². The van der Waals surface area contributed by atoms with Gasteiger partial charge < -0.3 is 10.8 Å². The van der Waals surface area contributed by atoms with Crippen LogP contribution in [0.15, 0.2) is 24.3 Å². The third-order valence-corrected chi connectivity index (χ3v) is 2.30. The van der Waals surface area contributed by atoms with Gasteiger partial charge in [-0.15, -0.1) is 0 Å². The van der Waals surface area contributed by atoms with Crippen LogP contribution in [0.1, 0.15) is 17.2 Å². The molecule has 0 aliphatic carbocycles. The van der Waals surface area contributed by atoms with Crippen molar-refractivity contribution in [3.05, 3.63) is 35.4 Å². The molecule has 0 saturated heterocycles. The maximum absolute atomic E-state index is 12.2. The van der Waals surface area contributed by atoms with Gasteiger partial charge in [0.25, 0.3) is 0 Å². The molecule has 0 saturated carbocycles. The van der Waals surface area contributed by atoms with Gasteiger partial charge in [-0.3, -0.25) is 0 Å². The molecule has 102 valence electrons. The fourth-order valence-electron chi connectivity index (χ4n) is 1.28. The summed E-state index contributed by atoms with van der Waals surface area (Å²) in [7, 11) is 0. The summed E-state index contributed by atoms with van der Waals surface area (Å²) in [6, 6.07) is 1.01. The van der Waals surface area contributed by atoms with E-state index in [1.54, 1.807) is 0 Å². The van der Waals surface area contributed by atoms with Crippen molar-refractivity contribution in [2.45, 2.75) is 24.5 Å². The Morgan fingerprint density at radius 3 is 1.72 bits per heavy atom. The molecule has 0 heterocycles. The molecule has 0 radical (unpaired) electrons. The van der Waals surface area contributed by atoms with Gasteiger partial charge >= 0.3 is 12.4 Å². The van der Waals surface area contributed by atoms with E-state index in [4.69, 9.17) is 10.8 Å². The highest BCUT2D eigenvalue weighted by Crippen LogP contribution is 2.32. The Hall–Kier alpha value is -1.28. The van der Waals surface area contributed by atoms with E-state index in [1.807, 2.05) is 0 Å². The van der Waals surface area contributed by atoms with Crippen molar-refractivity contribution in [2.24, 2.45) is 5.73 Å². The van der Waals surface area contributed by atoms with Crippen LogP contribution in [0.5, 0.6) is 0 Å². The minimum absolute atomic E-state index is 0.229. The molecule has 1 aromatic rings. The molecule has 8 heteroatoms. The fourth-order valence-corrected chi connectivity index (χ4v) is 1.28. The van der Waals surface area contributed by atoms with Gasteiger partial charge in [0, 0.05) is 0 Å². The molecule has 3 N–H and O–H groups in total. The molecule has 18 heavy (non-hydrogen) atoms. The molecule has 1 rings (SSSR count). The summed E-state index contributed by atoms with van der Waals surface area (Å²) < 4.78 is 73.1. The Balaban J connectivity index is 2.93. The lowest BCUT2D eigenvalue weighted by Crippen LogP contribution is -2.38. The lowest BCUT2D eigenvalue weighted by atomic mass is 10.0. The molecule has 2 nitrogen and oxygen atoms in total. The Morgan fingerprint density at radius 1 is 0.944 bits per heavy atom. The molecule has 0 aliphatic rings. The first-order valence-corrected chi connectivity index (χ1v) is 4.71. The van der Waals surface area contributed by atoms with Gasteiger partial charge in [-0.25, -0.2) is 0 Å². The van der Waals surface area contributed by atoms with Crippen LogP contribution in [0, 0.1) is 0 Å². The van der Waals surface area contributed by atoms with Crippen LogP contribution in [-0.4, -0.2) is 17.4 Å². The summed E-state index contributed by atoms with van der Waals surface area (Å²) >= 11 is 0. The third-order valence-electron chi connectivity index (χ3n) is 2.30. The summed E-state index contributed by atoms with van der Waals surface area (Å²) in [4.78, 5) is 0. The first-order valence-electron chi connectivity index (χ1n) is 4.71. The predicted molar refractivity (Wildman–Crippen MR) is 50.4 cm³/mol. The highest BCUT2D eigenvalue weighted by Gasteiger charge is 2.42. The van der Waals surface area contributed by atoms with Crippen LogP contribution in [0.25, 0.3) is 0 Å². The van der Waals surface area contributed by atoms with Gasteiger partial charge in [0.2, 0.25) is 0 Å². The average Bonchev–Trinajstić information content (AvgIpc) is 2.25. The zero-order chi connectivity index (χ0) is 14.1. The van der Waals surface area contributed by atoms with E-state index in [-0.39, 0.29) is 5.56 Å². The second-order valence-corrected chi connectivity index (χ2v) is 3.63.